The van der Waals surface area contributed by atoms with Crippen molar-refractivity contribution >= 4 is 35.3 Å². The number of halogens is 1. The van der Waals surface area contributed by atoms with E-state index in [1.165, 1.54) is 12.0 Å². The van der Waals surface area contributed by atoms with Crippen LogP contribution in [0.2, 0.25) is 5.02 Å². The highest BCUT2D eigenvalue weighted by Gasteiger charge is 2.64. The Labute approximate surface area is 264 Å². The Balaban J connectivity index is 1.76. The van der Waals surface area contributed by atoms with Gasteiger partial charge in [0.05, 0.1) is 25.3 Å². The van der Waals surface area contributed by atoms with Gasteiger partial charge in [-0.2, -0.15) is 0 Å². The third-order valence-electron chi connectivity index (χ3n) is 8.95. The van der Waals surface area contributed by atoms with Crippen molar-refractivity contribution in [2.75, 3.05) is 33.2 Å². The van der Waals surface area contributed by atoms with E-state index in [1.807, 2.05) is 38.1 Å². The summed E-state index contributed by atoms with van der Waals surface area (Å²) in [6.07, 6.45) is 3.29. The number of carbonyl (C=O) groups excluding carboxylic acids is 3. The minimum absolute atomic E-state index is 0.122. The van der Waals surface area contributed by atoms with Crippen LogP contribution in [0.5, 0.6) is 5.75 Å². The van der Waals surface area contributed by atoms with Crippen LogP contribution in [0.25, 0.3) is 0 Å². The van der Waals surface area contributed by atoms with E-state index >= 15 is 0 Å². The van der Waals surface area contributed by atoms with E-state index < -0.39 is 47.7 Å². The summed E-state index contributed by atoms with van der Waals surface area (Å²) in [4.78, 5) is 42.7. The molecule has 2 amide bonds. The van der Waals surface area contributed by atoms with Crippen LogP contribution in [-0.4, -0.2) is 91.9 Å². The number of rotatable bonds is 4. The lowest BCUT2D eigenvalue weighted by Gasteiger charge is -2.39. The molecule has 12 heteroatoms. The lowest BCUT2D eigenvalue weighted by Crippen LogP contribution is -2.57. The number of methoxy groups -OCH3 is 1. The van der Waals surface area contributed by atoms with E-state index in [4.69, 9.17) is 30.5 Å². The molecule has 2 fully saturated rings. The van der Waals surface area contributed by atoms with Crippen molar-refractivity contribution in [2.45, 2.75) is 89.1 Å². The maximum Gasteiger partial charge on any atom is 0.409 e. The van der Waals surface area contributed by atoms with Crippen molar-refractivity contribution < 1.29 is 38.4 Å². The normalized spacial score (nSPS) is 33.7. The zero-order valence-electron chi connectivity index (χ0n) is 26.7. The molecule has 44 heavy (non-hydrogen) atoms. The van der Waals surface area contributed by atoms with E-state index in [1.54, 1.807) is 46.0 Å². The molecule has 0 radical (unpaired) electrons. The largest absolute Gasteiger partial charge is 0.495 e. The lowest BCUT2D eigenvalue weighted by atomic mass is 9.84. The van der Waals surface area contributed by atoms with E-state index in [-0.39, 0.29) is 36.1 Å². The summed E-state index contributed by atoms with van der Waals surface area (Å²) in [6, 6.07) is 3.09. The summed E-state index contributed by atoms with van der Waals surface area (Å²) in [5, 5.41) is 14.1. The van der Waals surface area contributed by atoms with E-state index in [0.29, 0.717) is 17.9 Å². The maximum atomic E-state index is 13.9. The van der Waals surface area contributed by atoms with Gasteiger partial charge in [-0.15, -0.1) is 0 Å². The van der Waals surface area contributed by atoms with Crippen molar-refractivity contribution in [1.82, 2.24) is 10.2 Å². The van der Waals surface area contributed by atoms with E-state index in [2.05, 4.69) is 5.32 Å². The second-order valence-corrected chi connectivity index (χ2v) is 12.9. The van der Waals surface area contributed by atoms with Crippen LogP contribution in [0, 0.1) is 5.92 Å². The van der Waals surface area contributed by atoms with Crippen molar-refractivity contribution in [1.29, 1.82) is 0 Å². The second kappa shape index (κ2) is 13.1. The highest BCUT2D eigenvalue weighted by molar-refractivity contribution is 6.35. The fourth-order valence-electron chi connectivity index (χ4n) is 5.78. The van der Waals surface area contributed by atoms with Gasteiger partial charge in [0.1, 0.15) is 40.3 Å². The number of nitrogens with one attached hydrogen (secondary N) is 1. The molecule has 2 saturated heterocycles. The molecular weight excluding hydrogens is 590 g/mol. The van der Waals surface area contributed by atoms with Crippen LogP contribution in [-0.2, 0) is 30.2 Å². The quantitative estimate of drug-likeness (QED) is 0.373. The Morgan fingerprint density at radius 1 is 1.30 bits per heavy atom. The molecule has 3 aliphatic rings. The van der Waals surface area contributed by atoms with Crippen molar-refractivity contribution in [3.63, 3.8) is 0 Å². The van der Waals surface area contributed by atoms with Gasteiger partial charge in [0.2, 0.25) is 5.91 Å². The van der Waals surface area contributed by atoms with Gasteiger partial charge in [-0.05, 0) is 59.0 Å². The second-order valence-electron chi connectivity index (χ2n) is 12.6. The Morgan fingerprint density at radius 3 is 2.66 bits per heavy atom. The third kappa shape index (κ3) is 7.22. The zero-order valence-corrected chi connectivity index (χ0v) is 27.4. The van der Waals surface area contributed by atoms with Gasteiger partial charge in [0, 0.05) is 25.8 Å². The number of hydrogen-bond donors (Lipinski definition) is 2. The molecule has 0 spiro atoms. The molecule has 0 saturated carbocycles. The highest BCUT2D eigenvalue weighted by Crippen LogP contribution is 2.49. The Kier molecular flexibility index (Phi) is 10.0. The molecule has 11 nitrogen and oxygen atoms in total. The maximum absolute atomic E-state index is 13.9. The Hall–Kier alpha value is -3.12. The number of nitrogens with zero attached hydrogens (tertiary/aromatic N) is 2. The van der Waals surface area contributed by atoms with Gasteiger partial charge in [-0.25, -0.2) is 4.79 Å². The van der Waals surface area contributed by atoms with Crippen LogP contribution in [0.1, 0.15) is 52.5 Å². The summed E-state index contributed by atoms with van der Waals surface area (Å²) in [7, 11) is 6.66. The molecule has 7 atom stereocenters. The molecule has 1 aromatic carbocycles. The molecule has 4 rings (SSSR count). The van der Waals surface area contributed by atoms with Gasteiger partial charge in [-0.3, -0.25) is 19.8 Å². The molecule has 0 aliphatic carbocycles. The van der Waals surface area contributed by atoms with Crippen LogP contribution in [0.3, 0.4) is 0 Å². The molecular formula is C32H44ClN3O8. The third-order valence-corrected chi connectivity index (χ3v) is 9.33. The summed E-state index contributed by atoms with van der Waals surface area (Å²) in [6.45, 7) is 7.32. The van der Waals surface area contributed by atoms with Crippen LogP contribution < -0.4 is 15.0 Å². The van der Waals surface area contributed by atoms with Gasteiger partial charge in [-0.1, -0.05) is 42.3 Å². The number of hydrogen-bond acceptors (Lipinski definition) is 9. The molecule has 3 aliphatic heterocycles. The summed E-state index contributed by atoms with van der Waals surface area (Å²) >= 11 is 6.69. The van der Waals surface area contributed by atoms with Gasteiger partial charge in [0.15, 0.2) is 0 Å². The summed E-state index contributed by atoms with van der Waals surface area (Å²) in [5.74, 6) is -0.815. The zero-order chi connectivity index (χ0) is 32.6. The van der Waals surface area contributed by atoms with E-state index in [9.17, 15) is 19.5 Å². The lowest BCUT2D eigenvalue weighted by molar-refractivity contribution is -0.158. The van der Waals surface area contributed by atoms with Crippen LogP contribution in [0.4, 0.5) is 10.5 Å². The minimum atomic E-state index is -1.52. The number of alkyl carbamates (subject to hydrolysis) is 1. The van der Waals surface area contributed by atoms with Crippen LogP contribution >= 0.6 is 11.6 Å². The molecule has 2 unspecified atom stereocenters. The van der Waals surface area contributed by atoms with Gasteiger partial charge >= 0.3 is 12.1 Å². The molecule has 0 aromatic heterocycles. The molecule has 4 bridgehead atoms. The number of epoxide rings is 1. The number of ether oxygens (including phenoxy) is 4. The number of fused-ring (bicyclic) bond motifs is 5. The number of carbonyl (C=O) groups is 3. The first-order valence-electron chi connectivity index (χ1n) is 14.8. The number of aliphatic hydroxyl groups is 1. The first-order valence-corrected chi connectivity index (χ1v) is 15.2. The molecule has 3 heterocycles. The Bertz CT molecular complexity index is 1350. The van der Waals surface area contributed by atoms with Crippen molar-refractivity contribution in [3.05, 3.63) is 46.5 Å². The average molecular weight is 634 g/mol. The Morgan fingerprint density at radius 2 is 2.00 bits per heavy atom. The molecule has 1 aromatic rings. The molecule has 242 valence electrons. The fraction of sp³-hybridized carbons (Fsp3) is 0.594. The van der Waals surface area contributed by atoms with Gasteiger partial charge in [0.25, 0.3) is 0 Å². The van der Waals surface area contributed by atoms with Crippen molar-refractivity contribution in [2.24, 2.45) is 5.92 Å². The standard InChI is InChI=1S/C32H44ClN3O8/c1-18-11-9-10-12-32(40)17-24(42-30(39)34-32)19(2)28-31(4,44-28)25(43-29(38)20(3)35(5)6)16-26(37)36(7)22-14-21(13-18)15-23(41-8)27(22)33/h9-11,14-15,19-20,24-25,28,40H,12-13,16-17H2,1-8H3,(H,34,39)/b10-9+,18-11+/t19-,20+,24?,25+,28?,31+,32-/m1/s1. The topological polar surface area (TPSA) is 130 Å². The first-order chi connectivity index (χ1) is 20.6. The first kappa shape index (κ1) is 33.8. The monoisotopic (exact) mass is 633 g/mol. The predicted molar refractivity (Wildman–Crippen MR) is 166 cm³/mol. The summed E-state index contributed by atoms with van der Waals surface area (Å²) in [5.41, 5.74) is -0.247. The van der Waals surface area contributed by atoms with Crippen LogP contribution in [0.15, 0.2) is 35.9 Å². The molecule has 2 N–H and O–H groups in total. The SMILES string of the molecule is COc1cc2cc(c1Cl)N(C)C(=O)C[C@H](OC(=O)[C@H](C)N(C)C)[C@]1(C)OC1[C@H](C)C1C[C@](O)(C/C=C/C=C(\C)C2)NC(=O)O1. The van der Waals surface area contributed by atoms with Crippen molar-refractivity contribution in [3.8, 4) is 5.75 Å². The number of esters is 1. The number of likely N-dealkylation sites (N-methyl/N-ethyl adjacent to an activating group) is 1. The summed E-state index contributed by atoms with van der Waals surface area (Å²) < 4.78 is 23.3. The average Bonchev–Trinajstić information content (AvgIpc) is 3.65. The minimum Gasteiger partial charge on any atom is -0.495 e. The smallest absolute Gasteiger partial charge is 0.409 e. The number of anilines is 1. The number of benzene rings is 1. The fourth-order valence-corrected chi connectivity index (χ4v) is 6.10. The van der Waals surface area contributed by atoms with Gasteiger partial charge < -0.3 is 29.0 Å². The van der Waals surface area contributed by atoms with E-state index in [0.717, 1.165) is 11.1 Å². The number of allylic oxidation sites excluding steroid dienone is 3. The highest BCUT2D eigenvalue weighted by atomic mass is 35.5. The number of amides is 2. The predicted octanol–water partition coefficient (Wildman–Crippen LogP) is 3.99.